The first kappa shape index (κ1) is 17.9. The first-order valence-electron chi connectivity index (χ1n) is 8.07. The van der Waals surface area contributed by atoms with Crippen LogP contribution >= 0.6 is 0 Å². The first-order chi connectivity index (χ1) is 11.2. The third-order valence-corrected chi connectivity index (χ3v) is 3.72. The maximum absolute atomic E-state index is 11.8. The van der Waals surface area contributed by atoms with Crippen LogP contribution in [0.5, 0.6) is 0 Å². The van der Waals surface area contributed by atoms with Crippen LogP contribution in [0.1, 0.15) is 38.0 Å². The fraction of sp³-hybridized carbons (Fsp3) is 0.529. The molecule has 0 saturated carbocycles. The summed E-state index contributed by atoms with van der Waals surface area (Å²) >= 11 is 0. The van der Waals surface area contributed by atoms with Crippen LogP contribution in [0.25, 0.3) is 5.82 Å². The highest BCUT2D eigenvalue weighted by atomic mass is 16.2. The fourth-order valence-electron chi connectivity index (χ4n) is 2.13. The molecule has 7 nitrogen and oxygen atoms in total. The highest BCUT2D eigenvalue weighted by Gasteiger charge is 2.20. The minimum atomic E-state index is -0.379. The van der Waals surface area contributed by atoms with E-state index in [1.807, 2.05) is 52.2 Å². The lowest BCUT2D eigenvalue weighted by Gasteiger charge is -2.17. The summed E-state index contributed by atoms with van der Waals surface area (Å²) in [5.74, 6) is 2.22. The quantitative estimate of drug-likeness (QED) is 0.821. The summed E-state index contributed by atoms with van der Waals surface area (Å²) in [5, 5.41) is 6.14. The van der Waals surface area contributed by atoms with Crippen LogP contribution in [0.3, 0.4) is 0 Å². The van der Waals surface area contributed by atoms with Gasteiger partial charge in [-0.3, -0.25) is 9.36 Å². The predicted octanol–water partition coefficient (Wildman–Crippen LogP) is 2.16. The number of hydrogen-bond acceptors (Lipinski definition) is 5. The molecule has 2 aromatic heterocycles. The molecule has 0 atom stereocenters. The molecular weight excluding hydrogens is 304 g/mol. The van der Waals surface area contributed by atoms with E-state index in [4.69, 9.17) is 0 Å². The summed E-state index contributed by atoms with van der Waals surface area (Å²) < 4.78 is 1.94. The second-order valence-corrected chi connectivity index (χ2v) is 6.88. The number of carbonyl (C=O) groups is 1. The second-order valence-electron chi connectivity index (χ2n) is 6.88. The lowest BCUT2D eigenvalue weighted by molar-refractivity contribution is -0.128. The molecular formula is C17H26N6O. The minimum absolute atomic E-state index is 0.0355. The fourth-order valence-corrected chi connectivity index (χ4v) is 2.13. The van der Waals surface area contributed by atoms with Crippen LogP contribution in [0.2, 0.25) is 0 Å². The summed E-state index contributed by atoms with van der Waals surface area (Å²) in [7, 11) is 0. The molecule has 0 unspecified atom stereocenters. The van der Waals surface area contributed by atoms with Gasteiger partial charge in [-0.05, 0) is 20.8 Å². The van der Waals surface area contributed by atoms with Gasteiger partial charge in [-0.1, -0.05) is 20.8 Å². The van der Waals surface area contributed by atoms with Crippen LogP contribution in [-0.4, -0.2) is 38.5 Å². The van der Waals surface area contributed by atoms with Crippen molar-refractivity contribution in [3.8, 4) is 5.82 Å². The molecule has 0 aromatic carbocycles. The molecule has 0 aliphatic heterocycles. The van der Waals surface area contributed by atoms with Crippen LogP contribution in [0.4, 0.5) is 5.82 Å². The molecule has 2 aromatic rings. The van der Waals surface area contributed by atoms with Crippen molar-refractivity contribution in [2.45, 2.75) is 41.5 Å². The van der Waals surface area contributed by atoms with E-state index in [1.165, 1.54) is 0 Å². The van der Waals surface area contributed by atoms with E-state index in [1.54, 1.807) is 6.33 Å². The smallest absolute Gasteiger partial charge is 0.225 e. The van der Waals surface area contributed by atoms with Gasteiger partial charge in [0.05, 0.1) is 5.69 Å². The Morgan fingerprint density at radius 1 is 1.17 bits per heavy atom. The molecule has 0 fully saturated rings. The molecule has 0 aliphatic carbocycles. The van der Waals surface area contributed by atoms with Gasteiger partial charge in [0.2, 0.25) is 5.91 Å². The lowest BCUT2D eigenvalue weighted by atomic mass is 9.96. The van der Waals surface area contributed by atoms with E-state index in [0.717, 1.165) is 23.0 Å². The van der Waals surface area contributed by atoms with Gasteiger partial charge in [0.25, 0.3) is 0 Å². The Bertz CT molecular complexity index is 729. The molecule has 2 rings (SSSR count). The zero-order valence-corrected chi connectivity index (χ0v) is 15.3. The third kappa shape index (κ3) is 4.31. The number of aromatic nitrogens is 4. The summed E-state index contributed by atoms with van der Waals surface area (Å²) in [6.07, 6.45) is 1.76. The molecule has 24 heavy (non-hydrogen) atoms. The molecule has 130 valence electrons. The normalized spacial score (nSPS) is 11.4. The number of anilines is 1. The minimum Gasteiger partial charge on any atom is -0.368 e. The first-order valence-corrected chi connectivity index (χ1v) is 8.07. The van der Waals surface area contributed by atoms with Gasteiger partial charge in [0, 0.05) is 30.3 Å². The highest BCUT2D eigenvalue weighted by Crippen LogP contribution is 2.15. The highest BCUT2D eigenvalue weighted by molar-refractivity contribution is 5.81. The standard InChI is InChI=1S/C17H26N6O/c1-11-12(2)23(10-20-11)15-9-14(21-13(3)22-15)18-7-8-19-16(24)17(4,5)6/h9-10H,7-8H2,1-6H3,(H,19,24)(H,18,21,22). The molecule has 7 heteroatoms. The molecule has 2 N–H and O–H groups in total. The number of rotatable bonds is 5. The Kier molecular flexibility index (Phi) is 5.21. The van der Waals surface area contributed by atoms with Crippen molar-refractivity contribution in [2.75, 3.05) is 18.4 Å². The average molecular weight is 330 g/mol. The third-order valence-electron chi connectivity index (χ3n) is 3.72. The number of aryl methyl sites for hydroxylation is 2. The van der Waals surface area contributed by atoms with Gasteiger partial charge < -0.3 is 10.6 Å². The predicted molar refractivity (Wildman–Crippen MR) is 94.3 cm³/mol. The van der Waals surface area contributed by atoms with Gasteiger partial charge in [0.1, 0.15) is 23.8 Å². The second kappa shape index (κ2) is 6.98. The Morgan fingerprint density at radius 2 is 1.88 bits per heavy atom. The largest absolute Gasteiger partial charge is 0.368 e. The van der Waals surface area contributed by atoms with Crippen molar-refractivity contribution < 1.29 is 4.79 Å². The van der Waals surface area contributed by atoms with E-state index < -0.39 is 0 Å². The van der Waals surface area contributed by atoms with Crippen molar-refractivity contribution in [2.24, 2.45) is 5.41 Å². The maximum Gasteiger partial charge on any atom is 0.225 e. The topological polar surface area (TPSA) is 84.7 Å². The maximum atomic E-state index is 11.8. The number of nitrogens with zero attached hydrogens (tertiary/aromatic N) is 4. The summed E-state index contributed by atoms with van der Waals surface area (Å²) in [6.45, 7) is 12.7. The number of imidazole rings is 1. The number of amides is 1. The van der Waals surface area contributed by atoms with Gasteiger partial charge in [-0.2, -0.15) is 0 Å². The van der Waals surface area contributed by atoms with Crippen molar-refractivity contribution in [3.63, 3.8) is 0 Å². The zero-order valence-electron chi connectivity index (χ0n) is 15.3. The Hall–Kier alpha value is -2.44. The molecule has 0 bridgehead atoms. The van der Waals surface area contributed by atoms with Crippen molar-refractivity contribution >= 4 is 11.7 Å². The number of nitrogens with one attached hydrogen (secondary N) is 2. The molecule has 0 aliphatic rings. The molecule has 1 amide bonds. The van der Waals surface area contributed by atoms with Gasteiger partial charge in [0.15, 0.2) is 0 Å². The van der Waals surface area contributed by atoms with E-state index >= 15 is 0 Å². The zero-order chi connectivity index (χ0) is 17.9. The molecule has 0 saturated heterocycles. The van der Waals surface area contributed by atoms with Crippen molar-refractivity contribution in [1.82, 2.24) is 24.8 Å². The molecule has 0 radical (unpaired) electrons. The Labute approximate surface area is 142 Å². The summed E-state index contributed by atoms with van der Waals surface area (Å²) in [5.41, 5.74) is 1.65. The molecule has 0 spiro atoms. The van der Waals surface area contributed by atoms with Crippen molar-refractivity contribution in [3.05, 3.63) is 29.6 Å². The van der Waals surface area contributed by atoms with Crippen LogP contribution in [-0.2, 0) is 4.79 Å². The lowest BCUT2D eigenvalue weighted by Crippen LogP contribution is -2.37. The van der Waals surface area contributed by atoms with E-state index in [2.05, 4.69) is 25.6 Å². The average Bonchev–Trinajstić information content (AvgIpc) is 2.82. The Balaban J connectivity index is 2.02. The molecule has 2 heterocycles. The van der Waals surface area contributed by atoms with Gasteiger partial charge in [-0.15, -0.1) is 0 Å². The van der Waals surface area contributed by atoms with Crippen molar-refractivity contribution in [1.29, 1.82) is 0 Å². The Morgan fingerprint density at radius 3 is 2.46 bits per heavy atom. The van der Waals surface area contributed by atoms with Gasteiger partial charge >= 0.3 is 0 Å². The van der Waals surface area contributed by atoms with Gasteiger partial charge in [-0.25, -0.2) is 15.0 Å². The van der Waals surface area contributed by atoms with Crippen LogP contribution < -0.4 is 10.6 Å². The number of hydrogen-bond donors (Lipinski definition) is 2. The summed E-state index contributed by atoms with van der Waals surface area (Å²) in [6, 6.07) is 1.88. The van der Waals surface area contributed by atoms with Crippen LogP contribution in [0.15, 0.2) is 12.4 Å². The van der Waals surface area contributed by atoms with E-state index in [9.17, 15) is 4.79 Å². The number of carbonyl (C=O) groups excluding carboxylic acids is 1. The van der Waals surface area contributed by atoms with Crippen LogP contribution in [0, 0.1) is 26.2 Å². The SMILES string of the molecule is Cc1nc(NCCNC(=O)C(C)(C)C)cc(-n2cnc(C)c2C)n1. The monoisotopic (exact) mass is 330 g/mol. The van der Waals surface area contributed by atoms with E-state index in [0.29, 0.717) is 18.9 Å². The summed E-state index contributed by atoms with van der Waals surface area (Å²) in [4.78, 5) is 25.0. The van der Waals surface area contributed by atoms with E-state index in [-0.39, 0.29) is 11.3 Å².